The predicted molar refractivity (Wildman–Crippen MR) is 71.1 cm³/mol. The third-order valence-electron chi connectivity index (χ3n) is 2.82. The maximum Gasteiger partial charge on any atom is 0.501 e. The van der Waals surface area contributed by atoms with Crippen LogP contribution in [0.2, 0.25) is 0 Å². The molecule has 0 aliphatic rings. The van der Waals surface area contributed by atoms with Crippen molar-refractivity contribution in [1.82, 2.24) is 5.32 Å². The lowest BCUT2D eigenvalue weighted by atomic mass is 10.1. The van der Waals surface area contributed by atoms with Crippen LogP contribution in [0.1, 0.15) is 25.8 Å². The van der Waals surface area contributed by atoms with Gasteiger partial charge in [0.25, 0.3) is 9.84 Å². The second-order valence-electron chi connectivity index (χ2n) is 4.65. The van der Waals surface area contributed by atoms with Gasteiger partial charge in [0.05, 0.1) is 4.90 Å². The van der Waals surface area contributed by atoms with Crippen molar-refractivity contribution in [3.8, 4) is 0 Å². The molecule has 1 atom stereocenters. The molecule has 0 fully saturated rings. The number of rotatable bonds is 6. The molecule has 114 valence electrons. The SMILES string of the molecule is CCCNC(C)Cc1ccc(S(=O)(=O)C(F)(F)F)cc1. The van der Waals surface area contributed by atoms with E-state index in [-0.39, 0.29) is 6.04 Å². The smallest absolute Gasteiger partial charge is 0.314 e. The van der Waals surface area contributed by atoms with E-state index in [2.05, 4.69) is 5.32 Å². The minimum atomic E-state index is -5.26. The summed E-state index contributed by atoms with van der Waals surface area (Å²) < 4.78 is 59.5. The summed E-state index contributed by atoms with van der Waals surface area (Å²) in [5.74, 6) is 0. The van der Waals surface area contributed by atoms with Crippen LogP contribution in [0.3, 0.4) is 0 Å². The summed E-state index contributed by atoms with van der Waals surface area (Å²) in [6, 6.07) is 5.03. The number of hydrogen-bond acceptors (Lipinski definition) is 3. The molecule has 0 aromatic heterocycles. The monoisotopic (exact) mass is 309 g/mol. The summed E-state index contributed by atoms with van der Waals surface area (Å²) in [5, 5.41) is 3.25. The van der Waals surface area contributed by atoms with Crippen LogP contribution in [0.15, 0.2) is 29.2 Å². The van der Waals surface area contributed by atoms with Gasteiger partial charge in [0.15, 0.2) is 0 Å². The van der Waals surface area contributed by atoms with Crippen molar-refractivity contribution in [1.29, 1.82) is 0 Å². The molecule has 1 N–H and O–H groups in total. The van der Waals surface area contributed by atoms with Gasteiger partial charge in [0.1, 0.15) is 0 Å². The van der Waals surface area contributed by atoms with Gasteiger partial charge in [-0.15, -0.1) is 0 Å². The summed E-state index contributed by atoms with van der Waals surface area (Å²) in [7, 11) is -5.25. The van der Waals surface area contributed by atoms with E-state index in [1.807, 2.05) is 13.8 Å². The van der Waals surface area contributed by atoms with Crippen molar-refractivity contribution >= 4 is 9.84 Å². The van der Waals surface area contributed by atoms with Gasteiger partial charge in [0.2, 0.25) is 0 Å². The van der Waals surface area contributed by atoms with Crippen LogP contribution in [0.25, 0.3) is 0 Å². The van der Waals surface area contributed by atoms with Crippen molar-refractivity contribution in [3.05, 3.63) is 29.8 Å². The molecule has 3 nitrogen and oxygen atoms in total. The summed E-state index contributed by atoms with van der Waals surface area (Å²) in [5.41, 5.74) is -4.47. The Morgan fingerprint density at radius 2 is 1.75 bits per heavy atom. The normalized spacial score (nSPS) is 14.2. The molecule has 7 heteroatoms. The summed E-state index contributed by atoms with van der Waals surface area (Å²) in [4.78, 5) is -0.720. The Bertz CT molecular complexity index is 524. The minimum Gasteiger partial charge on any atom is -0.314 e. The standard InChI is InChI=1S/C13H18F3NO2S/c1-3-8-17-10(2)9-11-4-6-12(7-5-11)20(18,19)13(14,15)16/h4-7,10,17H,3,8-9H2,1-2H3. The molecule has 0 aliphatic carbocycles. The van der Waals surface area contributed by atoms with Crippen LogP contribution < -0.4 is 5.32 Å². The fraction of sp³-hybridized carbons (Fsp3) is 0.538. The molecular weight excluding hydrogens is 291 g/mol. The lowest BCUT2D eigenvalue weighted by Gasteiger charge is -2.13. The van der Waals surface area contributed by atoms with Gasteiger partial charge in [-0.05, 0) is 44.0 Å². The molecule has 0 saturated heterocycles. The zero-order valence-electron chi connectivity index (χ0n) is 11.4. The van der Waals surface area contributed by atoms with E-state index in [4.69, 9.17) is 0 Å². The highest BCUT2D eigenvalue weighted by molar-refractivity contribution is 7.92. The van der Waals surface area contributed by atoms with Gasteiger partial charge in [-0.2, -0.15) is 13.2 Å². The Morgan fingerprint density at radius 3 is 2.20 bits per heavy atom. The molecular formula is C13H18F3NO2S. The third kappa shape index (κ3) is 4.21. The first-order chi connectivity index (χ1) is 9.18. The maximum absolute atomic E-state index is 12.4. The molecule has 0 spiro atoms. The zero-order chi connectivity index (χ0) is 15.4. The highest BCUT2D eigenvalue weighted by atomic mass is 32.2. The molecule has 1 unspecified atom stereocenters. The highest BCUT2D eigenvalue weighted by Gasteiger charge is 2.46. The fourth-order valence-electron chi connectivity index (χ4n) is 1.75. The van der Waals surface area contributed by atoms with E-state index < -0.39 is 20.2 Å². The number of benzene rings is 1. The van der Waals surface area contributed by atoms with Crippen LogP contribution in [0.5, 0.6) is 0 Å². The number of alkyl halides is 3. The van der Waals surface area contributed by atoms with Gasteiger partial charge in [-0.1, -0.05) is 19.1 Å². The number of sulfone groups is 1. The predicted octanol–water partition coefficient (Wildman–Crippen LogP) is 2.91. The Labute approximate surface area is 117 Å². The minimum absolute atomic E-state index is 0.181. The van der Waals surface area contributed by atoms with Crippen LogP contribution in [0.4, 0.5) is 13.2 Å². The number of nitrogens with one attached hydrogen (secondary N) is 1. The molecule has 0 saturated carbocycles. The highest BCUT2D eigenvalue weighted by Crippen LogP contribution is 2.30. The Kier molecular flexibility index (Phi) is 5.59. The first kappa shape index (κ1) is 17.0. The van der Waals surface area contributed by atoms with Gasteiger partial charge < -0.3 is 5.32 Å². The van der Waals surface area contributed by atoms with E-state index in [0.29, 0.717) is 6.42 Å². The average molecular weight is 309 g/mol. The Balaban J connectivity index is 2.80. The number of hydrogen-bond donors (Lipinski definition) is 1. The van der Waals surface area contributed by atoms with Crippen LogP contribution in [-0.2, 0) is 16.3 Å². The first-order valence-electron chi connectivity index (χ1n) is 6.32. The summed E-state index contributed by atoms with van der Waals surface area (Å²) in [6.45, 7) is 4.87. The maximum atomic E-state index is 12.4. The quantitative estimate of drug-likeness (QED) is 0.879. The molecule has 20 heavy (non-hydrogen) atoms. The molecule has 0 bridgehead atoms. The molecule has 0 heterocycles. The molecule has 0 aliphatic heterocycles. The van der Waals surface area contributed by atoms with Gasteiger partial charge in [-0.25, -0.2) is 8.42 Å². The van der Waals surface area contributed by atoms with Gasteiger partial charge in [-0.3, -0.25) is 0 Å². The van der Waals surface area contributed by atoms with Crippen molar-refractivity contribution < 1.29 is 21.6 Å². The van der Waals surface area contributed by atoms with E-state index in [0.717, 1.165) is 30.7 Å². The van der Waals surface area contributed by atoms with E-state index in [9.17, 15) is 21.6 Å². The van der Waals surface area contributed by atoms with E-state index in [1.54, 1.807) is 0 Å². The molecule has 1 aromatic rings. The second-order valence-corrected chi connectivity index (χ2v) is 6.59. The lowest BCUT2D eigenvalue weighted by molar-refractivity contribution is -0.0436. The molecule has 0 radical (unpaired) electrons. The second kappa shape index (κ2) is 6.58. The summed E-state index contributed by atoms with van der Waals surface area (Å²) >= 11 is 0. The molecule has 1 rings (SSSR count). The van der Waals surface area contributed by atoms with Crippen molar-refractivity contribution in [2.75, 3.05) is 6.54 Å². The summed E-state index contributed by atoms with van der Waals surface area (Å²) in [6.07, 6.45) is 1.62. The first-order valence-corrected chi connectivity index (χ1v) is 7.80. The van der Waals surface area contributed by atoms with E-state index >= 15 is 0 Å². The van der Waals surface area contributed by atoms with E-state index in [1.165, 1.54) is 12.1 Å². The number of halogens is 3. The fourth-order valence-corrected chi connectivity index (χ4v) is 2.52. The average Bonchev–Trinajstić information content (AvgIpc) is 2.35. The molecule has 1 aromatic carbocycles. The van der Waals surface area contributed by atoms with Crippen molar-refractivity contribution in [2.45, 2.75) is 43.1 Å². The zero-order valence-corrected chi connectivity index (χ0v) is 12.2. The Morgan fingerprint density at radius 1 is 1.20 bits per heavy atom. The van der Waals surface area contributed by atoms with Crippen molar-refractivity contribution in [3.63, 3.8) is 0 Å². The lowest BCUT2D eigenvalue weighted by Crippen LogP contribution is -2.28. The van der Waals surface area contributed by atoms with Crippen LogP contribution in [0, 0.1) is 0 Å². The Hall–Kier alpha value is -1.08. The van der Waals surface area contributed by atoms with Crippen molar-refractivity contribution in [2.24, 2.45) is 0 Å². The topological polar surface area (TPSA) is 46.2 Å². The van der Waals surface area contributed by atoms with Gasteiger partial charge in [0, 0.05) is 6.04 Å². The van der Waals surface area contributed by atoms with Crippen LogP contribution in [-0.4, -0.2) is 26.5 Å². The third-order valence-corrected chi connectivity index (χ3v) is 4.33. The molecule has 0 amide bonds. The largest absolute Gasteiger partial charge is 0.501 e. The van der Waals surface area contributed by atoms with Gasteiger partial charge >= 0.3 is 5.51 Å². The van der Waals surface area contributed by atoms with Crippen LogP contribution >= 0.6 is 0 Å².